The van der Waals surface area contributed by atoms with Gasteiger partial charge in [-0.1, -0.05) is 6.92 Å². The molecule has 1 rings (SSSR count). The minimum atomic E-state index is 0.517. The molecule has 72 valence electrons. The molecule has 4 heteroatoms. The molecule has 1 aromatic rings. The molecule has 1 atom stereocenters. The van der Waals surface area contributed by atoms with E-state index in [9.17, 15) is 0 Å². The standard InChI is InChI=1S/C9H14IN3/c1-3-7(11-2)4-9-8(10)5-12-6-13-9/h5-7,11H,3-4H2,1-2H3. The third-order valence-corrected chi connectivity index (χ3v) is 2.99. The summed E-state index contributed by atoms with van der Waals surface area (Å²) >= 11 is 2.27. The van der Waals surface area contributed by atoms with E-state index in [1.54, 1.807) is 6.33 Å². The van der Waals surface area contributed by atoms with E-state index in [-0.39, 0.29) is 0 Å². The van der Waals surface area contributed by atoms with Crippen LogP contribution in [-0.2, 0) is 6.42 Å². The molecule has 0 radical (unpaired) electrons. The number of halogens is 1. The Morgan fingerprint density at radius 2 is 2.38 bits per heavy atom. The number of aromatic nitrogens is 2. The maximum Gasteiger partial charge on any atom is 0.115 e. The van der Waals surface area contributed by atoms with Gasteiger partial charge in [0.1, 0.15) is 6.33 Å². The summed E-state index contributed by atoms with van der Waals surface area (Å²) in [6.07, 6.45) is 5.57. The number of rotatable bonds is 4. The van der Waals surface area contributed by atoms with Gasteiger partial charge in [0.25, 0.3) is 0 Å². The maximum atomic E-state index is 4.26. The Morgan fingerprint density at radius 1 is 1.62 bits per heavy atom. The molecule has 1 unspecified atom stereocenters. The molecule has 1 aromatic heterocycles. The number of nitrogens with one attached hydrogen (secondary N) is 1. The Hall–Kier alpha value is -0.230. The van der Waals surface area contributed by atoms with Crippen molar-refractivity contribution in [1.29, 1.82) is 0 Å². The van der Waals surface area contributed by atoms with Crippen LogP contribution in [0.15, 0.2) is 12.5 Å². The van der Waals surface area contributed by atoms with Gasteiger partial charge < -0.3 is 5.32 Å². The molecule has 0 aliphatic carbocycles. The van der Waals surface area contributed by atoms with Gasteiger partial charge in [-0.15, -0.1) is 0 Å². The van der Waals surface area contributed by atoms with E-state index in [0.29, 0.717) is 6.04 Å². The molecule has 0 amide bonds. The fourth-order valence-electron chi connectivity index (χ4n) is 1.17. The van der Waals surface area contributed by atoms with Gasteiger partial charge in [-0.25, -0.2) is 9.97 Å². The van der Waals surface area contributed by atoms with Crippen molar-refractivity contribution >= 4 is 22.6 Å². The van der Waals surface area contributed by atoms with Crippen LogP contribution in [0.4, 0.5) is 0 Å². The molecule has 0 aliphatic heterocycles. The van der Waals surface area contributed by atoms with Crippen molar-refractivity contribution in [3.8, 4) is 0 Å². The van der Waals surface area contributed by atoms with Crippen molar-refractivity contribution in [3.05, 3.63) is 21.8 Å². The Balaban J connectivity index is 2.67. The lowest BCUT2D eigenvalue weighted by Gasteiger charge is -2.13. The van der Waals surface area contributed by atoms with Gasteiger partial charge in [-0.2, -0.15) is 0 Å². The second kappa shape index (κ2) is 5.49. The summed E-state index contributed by atoms with van der Waals surface area (Å²) in [5, 5.41) is 3.26. The summed E-state index contributed by atoms with van der Waals surface area (Å²) in [6, 6.07) is 0.517. The van der Waals surface area contributed by atoms with E-state index in [2.05, 4.69) is 44.8 Å². The van der Waals surface area contributed by atoms with Gasteiger partial charge in [-0.3, -0.25) is 0 Å². The van der Waals surface area contributed by atoms with Crippen LogP contribution >= 0.6 is 22.6 Å². The summed E-state index contributed by atoms with van der Waals surface area (Å²) in [6.45, 7) is 2.18. The molecule has 0 saturated carbocycles. The summed E-state index contributed by atoms with van der Waals surface area (Å²) in [4.78, 5) is 8.22. The molecule has 0 aliphatic rings. The van der Waals surface area contributed by atoms with Gasteiger partial charge in [0.2, 0.25) is 0 Å². The lowest BCUT2D eigenvalue weighted by Crippen LogP contribution is -2.27. The smallest absolute Gasteiger partial charge is 0.115 e. The topological polar surface area (TPSA) is 37.8 Å². The first-order chi connectivity index (χ1) is 6.27. The summed E-state index contributed by atoms with van der Waals surface area (Å²) in [5.74, 6) is 0. The molecule has 1 heterocycles. The van der Waals surface area contributed by atoms with Crippen molar-refractivity contribution in [1.82, 2.24) is 15.3 Å². The molecule has 0 bridgehead atoms. The van der Waals surface area contributed by atoms with Crippen LogP contribution in [0, 0.1) is 3.57 Å². The minimum Gasteiger partial charge on any atom is -0.317 e. The van der Waals surface area contributed by atoms with Crippen LogP contribution in [-0.4, -0.2) is 23.1 Å². The predicted octanol–water partition coefficient (Wildman–Crippen LogP) is 1.62. The van der Waals surface area contributed by atoms with Crippen molar-refractivity contribution in [2.75, 3.05) is 7.05 Å². The normalized spacial score (nSPS) is 12.8. The van der Waals surface area contributed by atoms with Gasteiger partial charge >= 0.3 is 0 Å². The number of hydrogen-bond acceptors (Lipinski definition) is 3. The van der Waals surface area contributed by atoms with Crippen molar-refractivity contribution in [3.63, 3.8) is 0 Å². The van der Waals surface area contributed by atoms with E-state index in [0.717, 1.165) is 22.1 Å². The zero-order chi connectivity index (χ0) is 9.68. The zero-order valence-corrected chi connectivity index (χ0v) is 10.1. The van der Waals surface area contributed by atoms with Crippen LogP contribution in [0.3, 0.4) is 0 Å². The second-order valence-electron chi connectivity index (χ2n) is 2.92. The Morgan fingerprint density at radius 3 is 2.92 bits per heavy atom. The largest absolute Gasteiger partial charge is 0.317 e. The number of hydrogen-bond donors (Lipinski definition) is 1. The van der Waals surface area contributed by atoms with Crippen molar-refractivity contribution in [2.24, 2.45) is 0 Å². The van der Waals surface area contributed by atoms with Crippen LogP contribution in [0.5, 0.6) is 0 Å². The lowest BCUT2D eigenvalue weighted by molar-refractivity contribution is 0.536. The van der Waals surface area contributed by atoms with Gasteiger partial charge in [0.05, 0.1) is 9.26 Å². The van der Waals surface area contributed by atoms with E-state index in [4.69, 9.17) is 0 Å². The van der Waals surface area contributed by atoms with Gasteiger partial charge in [0.15, 0.2) is 0 Å². The highest BCUT2D eigenvalue weighted by atomic mass is 127. The van der Waals surface area contributed by atoms with E-state index >= 15 is 0 Å². The third-order valence-electron chi connectivity index (χ3n) is 2.08. The molecule has 0 saturated heterocycles. The highest BCUT2D eigenvalue weighted by Gasteiger charge is 2.07. The average Bonchev–Trinajstić information content (AvgIpc) is 2.17. The van der Waals surface area contributed by atoms with Crippen LogP contribution in [0.25, 0.3) is 0 Å². The molecule has 1 N–H and O–H groups in total. The Bertz CT molecular complexity index is 261. The average molecular weight is 291 g/mol. The molecule has 0 fully saturated rings. The molecular weight excluding hydrogens is 277 g/mol. The molecule has 0 spiro atoms. The van der Waals surface area contributed by atoms with Crippen LogP contribution in [0.2, 0.25) is 0 Å². The van der Waals surface area contributed by atoms with E-state index in [1.807, 2.05) is 13.2 Å². The molecular formula is C9H14IN3. The van der Waals surface area contributed by atoms with Crippen LogP contribution < -0.4 is 5.32 Å². The highest BCUT2D eigenvalue weighted by Crippen LogP contribution is 2.10. The highest BCUT2D eigenvalue weighted by molar-refractivity contribution is 14.1. The predicted molar refractivity (Wildman–Crippen MR) is 61.6 cm³/mol. The second-order valence-corrected chi connectivity index (χ2v) is 4.08. The van der Waals surface area contributed by atoms with E-state index < -0.39 is 0 Å². The first-order valence-electron chi connectivity index (χ1n) is 4.39. The van der Waals surface area contributed by atoms with Gasteiger partial charge in [-0.05, 0) is 36.1 Å². The van der Waals surface area contributed by atoms with E-state index in [1.165, 1.54) is 0 Å². The van der Waals surface area contributed by atoms with Crippen molar-refractivity contribution in [2.45, 2.75) is 25.8 Å². The maximum absolute atomic E-state index is 4.26. The number of likely N-dealkylation sites (N-methyl/N-ethyl adjacent to an activating group) is 1. The number of nitrogens with zero attached hydrogens (tertiary/aromatic N) is 2. The molecule has 3 nitrogen and oxygen atoms in total. The summed E-state index contributed by atoms with van der Waals surface area (Å²) < 4.78 is 1.15. The Kier molecular flexibility index (Phi) is 4.58. The quantitative estimate of drug-likeness (QED) is 0.857. The summed E-state index contributed by atoms with van der Waals surface area (Å²) in [7, 11) is 1.99. The first kappa shape index (κ1) is 10.8. The minimum absolute atomic E-state index is 0.517. The SMILES string of the molecule is CCC(Cc1ncncc1I)NC. The monoisotopic (exact) mass is 291 g/mol. The van der Waals surface area contributed by atoms with Crippen LogP contribution in [0.1, 0.15) is 19.0 Å². The lowest BCUT2D eigenvalue weighted by atomic mass is 10.1. The fourth-order valence-corrected chi connectivity index (χ4v) is 1.69. The zero-order valence-electron chi connectivity index (χ0n) is 7.92. The fraction of sp³-hybridized carbons (Fsp3) is 0.556. The van der Waals surface area contributed by atoms with Crippen molar-refractivity contribution < 1.29 is 0 Å². The first-order valence-corrected chi connectivity index (χ1v) is 5.47. The summed E-state index contributed by atoms with van der Waals surface area (Å²) in [5.41, 5.74) is 1.14. The third kappa shape index (κ3) is 3.19. The molecule has 0 aromatic carbocycles. The Labute approximate surface area is 92.5 Å². The van der Waals surface area contributed by atoms with Gasteiger partial charge in [0, 0.05) is 18.7 Å². The molecule has 13 heavy (non-hydrogen) atoms.